The van der Waals surface area contributed by atoms with Gasteiger partial charge in [-0.05, 0) is 36.8 Å². The summed E-state index contributed by atoms with van der Waals surface area (Å²) in [6.07, 6.45) is 0. The zero-order chi connectivity index (χ0) is 21.5. The fourth-order valence-corrected chi connectivity index (χ4v) is 3.83. The van der Waals surface area contributed by atoms with Crippen molar-refractivity contribution in [3.8, 4) is 0 Å². The molecular formula is C22H26BrClN4O2. The summed E-state index contributed by atoms with van der Waals surface area (Å²) < 4.78 is 1.02. The molecule has 1 heterocycles. The van der Waals surface area contributed by atoms with Crippen LogP contribution in [0.25, 0.3) is 0 Å². The molecule has 2 aromatic carbocycles. The van der Waals surface area contributed by atoms with E-state index >= 15 is 0 Å². The van der Waals surface area contributed by atoms with E-state index in [2.05, 4.69) is 36.4 Å². The number of halogens is 2. The molecule has 0 spiro atoms. The zero-order valence-corrected chi connectivity index (χ0v) is 19.2. The number of nitrogens with zero attached hydrogens (tertiary/aromatic N) is 2. The Morgan fingerprint density at radius 3 is 2.13 bits per heavy atom. The Labute approximate surface area is 190 Å². The molecule has 0 bridgehead atoms. The lowest BCUT2D eigenvalue weighted by atomic mass is 10.1. The van der Waals surface area contributed by atoms with Crippen LogP contribution >= 0.6 is 27.5 Å². The summed E-state index contributed by atoms with van der Waals surface area (Å²) in [5, 5.41) is 6.43. The number of hydrogen-bond donors (Lipinski definition) is 2. The monoisotopic (exact) mass is 492 g/mol. The smallest absolute Gasteiger partial charge is 0.238 e. The summed E-state index contributed by atoms with van der Waals surface area (Å²) in [7, 11) is 0. The van der Waals surface area contributed by atoms with Crippen molar-refractivity contribution in [3.63, 3.8) is 0 Å². The molecule has 0 aliphatic carbocycles. The number of nitrogens with one attached hydrogen (secondary N) is 2. The Hall–Kier alpha value is -1.93. The number of carbonyl (C=O) groups is 2. The van der Waals surface area contributed by atoms with Crippen molar-refractivity contribution in [2.75, 3.05) is 44.6 Å². The molecule has 30 heavy (non-hydrogen) atoms. The summed E-state index contributed by atoms with van der Waals surface area (Å²) in [5.74, 6) is -0.0760. The molecule has 160 valence electrons. The van der Waals surface area contributed by atoms with Crippen molar-refractivity contribution in [1.29, 1.82) is 0 Å². The van der Waals surface area contributed by atoms with Crippen molar-refractivity contribution in [3.05, 3.63) is 63.6 Å². The molecule has 1 aliphatic heterocycles. The van der Waals surface area contributed by atoms with Gasteiger partial charge in [-0.25, -0.2) is 0 Å². The Morgan fingerprint density at radius 1 is 0.967 bits per heavy atom. The molecule has 0 saturated carbocycles. The maximum atomic E-state index is 12.4. The zero-order valence-electron chi connectivity index (χ0n) is 16.9. The molecule has 1 aliphatic rings. The highest BCUT2D eigenvalue weighted by Gasteiger charge is 2.21. The van der Waals surface area contributed by atoms with Crippen molar-refractivity contribution in [2.24, 2.45) is 0 Å². The molecule has 1 fully saturated rings. The first-order valence-electron chi connectivity index (χ1n) is 9.94. The summed E-state index contributed by atoms with van der Waals surface area (Å²) in [6.45, 7) is 5.64. The number of rotatable bonds is 7. The second kappa shape index (κ2) is 10.9. The van der Waals surface area contributed by atoms with E-state index in [1.807, 2.05) is 43.3 Å². The molecule has 1 atom stereocenters. The van der Waals surface area contributed by atoms with E-state index < -0.39 is 0 Å². The van der Waals surface area contributed by atoms with Crippen LogP contribution in [-0.2, 0) is 9.59 Å². The third kappa shape index (κ3) is 6.80. The van der Waals surface area contributed by atoms with Gasteiger partial charge in [0.15, 0.2) is 0 Å². The number of anilines is 1. The lowest BCUT2D eigenvalue weighted by molar-refractivity contribution is -0.124. The number of benzene rings is 2. The third-order valence-electron chi connectivity index (χ3n) is 5.09. The van der Waals surface area contributed by atoms with Gasteiger partial charge < -0.3 is 10.6 Å². The molecule has 2 amide bonds. The summed E-state index contributed by atoms with van der Waals surface area (Å²) >= 11 is 9.51. The Kier molecular flexibility index (Phi) is 8.27. The van der Waals surface area contributed by atoms with Crippen molar-refractivity contribution in [2.45, 2.75) is 13.0 Å². The quantitative estimate of drug-likeness (QED) is 0.619. The highest BCUT2D eigenvalue weighted by atomic mass is 79.9. The lowest BCUT2D eigenvalue weighted by Gasteiger charge is -2.34. The Balaban J connectivity index is 1.38. The minimum absolute atomic E-state index is 0.00957. The maximum absolute atomic E-state index is 12.4. The number of hydrogen-bond acceptors (Lipinski definition) is 4. The Bertz CT molecular complexity index is 870. The first-order chi connectivity index (χ1) is 14.4. The standard InChI is InChI=1S/C22H26BrClN4O2/c1-16(17-6-8-18(23)9-7-17)25-21(29)14-27-10-12-28(13-11-27)15-22(30)26-20-5-3-2-4-19(20)24/h2-9,16H,10-15H2,1H3,(H,25,29)(H,26,30)/t16-/m1/s1. The second-order valence-electron chi connectivity index (χ2n) is 7.42. The normalized spacial score (nSPS) is 16.1. The summed E-state index contributed by atoms with van der Waals surface area (Å²) in [4.78, 5) is 28.9. The molecule has 0 radical (unpaired) electrons. The molecule has 2 aromatic rings. The maximum Gasteiger partial charge on any atom is 0.238 e. The average molecular weight is 494 g/mol. The van der Waals surface area contributed by atoms with E-state index in [4.69, 9.17) is 11.6 Å². The van der Waals surface area contributed by atoms with Gasteiger partial charge in [-0.15, -0.1) is 0 Å². The van der Waals surface area contributed by atoms with Gasteiger partial charge in [-0.2, -0.15) is 0 Å². The second-order valence-corrected chi connectivity index (χ2v) is 8.74. The van der Waals surface area contributed by atoms with Gasteiger partial charge in [-0.3, -0.25) is 19.4 Å². The molecular weight excluding hydrogens is 468 g/mol. The number of amides is 2. The van der Waals surface area contributed by atoms with Crippen LogP contribution in [0, 0.1) is 0 Å². The van der Waals surface area contributed by atoms with Crippen molar-refractivity contribution < 1.29 is 9.59 Å². The first-order valence-corrected chi connectivity index (χ1v) is 11.1. The van der Waals surface area contributed by atoms with Crippen LogP contribution in [-0.4, -0.2) is 60.9 Å². The van der Waals surface area contributed by atoms with E-state index in [1.165, 1.54) is 0 Å². The predicted molar refractivity (Wildman–Crippen MR) is 124 cm³/mol. The summed E-state index contributed by atoms with van der Waals surface area (Å²) in [5.41, 5.74) is 1.69. The molecule has 8 heteroatoms. The van der Waals surface area contributed by atoms with Crippen LogP contribution in [0.15, 0.2) is 53.0 Å². The van der Waals surface area contributed by atoms with Gasteiger partial charge in [0, 0.05) is 30.7 Å². The Morgan fingerprint density at radius 2 is 1.53 bits per heavy atom. The van der Waals surface area contributed by atoms with Crippen LogP contribution < -0.4 is 10.6 Å². The highest BCUT2D eigenvalue weighted by Crippen LogP contribution is 2.20. The topological polar surface area (TPSA) is 64.7 Å². The van der Waals surface area contributed by atoms with Crippen LogP contribution in [0.5, 0.6) is 0 Å². The molecule has 0 unspecified atom stereocenters. The van der Waals surface area contributed by atoms with Crippen molar-refractivity contribution in [1.82, 2.24) is 15.1 Å². The van der Waals surface area contributed by atoms with E-state index in [1.54, 1.807) is 12.1 Å². The van der Waals surface area contributed by atoms with Crippen LogP contribution in [0.2, 0.25) is 5.02 Å². The fraction of sp³-hybridized carbons (Fsp3) is 0.364. The first kappa shape index (κ1) is 22.7. The predicted octanol–water partition coefficient (Wildman–Crippen LogP) is 3.54. The molecule has 1 saturated heterocycles. The lowest BCUT2D eigenvalue weighted by Crippen LogP contribution is -2.51. The third-order valence-corrected chi connectivity index (χ3v) is 5.95. The molecule has 2 N–H and O–H groups in total. The van der Waals surface area contributed by atoms with Gasteiger partial charge in [0.05, 0.1) is 29.8 Å². The van der Waals surface area contributed by atoms with E-state index in [0.29, 0.717) is 23.8 Å². The van der Waals surface area contributed by atoms with Gasteiger partial charge in [0.25, 0.3) is 0 Å². The minimum atomic E-state index is -0.0855. The van der Waals surface area contributed by atoms with Gasteiger partial charge in [0.1, 0.15) is 0 Å². The highest BCUT2D eigenvalue weighted by molar-refractivity contribution is 9.10. The van der Waals surface area contributed by atoms with Gasteiger partial charge >= 0.3 is 0 Å². The van der Waals surface area contributed by atoms with E-state index in [9.17, 15) is 9.59 Å². The SMILES string of the molecule is C[C@@H](NC(=O)CN1CCN(CC(=O)Nc2ccccc2Cl)CC1)c1ccc(Br)cc1. The van der Waals surface area contributed by atoms with E-state index in [-0.39, 0.29) is 17.9 Å². The number of carbonyl (C=O) groups excluding carboxylic acids is 2. The summed E-state index contributed by atoms with van der Waals surface area (Å²) in [6, 6.07) is 15.1. The molecule has 6 nitrogen and oxygen atoms in total. The number of para-hydroxylation sites is 1. The van der Waals surface area contributed by atoms with Crippen LogP contribution in [0.4, 0.5) is 5.69 Å². The molecule has 3 rings (SSSR count). The fourth-order valence-electron chi connectivity index (χ4n) is 3.39. The molecule has 0 aromatic heterocycles. The van der Waals surface area contributed by atoms with Gasteiger partial charge in [0.2, 0.25) is 11.8 Å². The van der Waals surface area contributed by atoms with Crippen molar-refractivity contribution >= 4 is 45.0 Å². The minimum Gasteiger partial charge on any atom is -0.348 e. The number of piperazine rings is 1. The van der Waals surface area contributed by atoms with Gasteiger partial charge in [-0.1, -0.05) is 51.8 Å². The van der Waals surface area contributed by atoms with E-state index in [0.717, 1.165) is 36.2 Å². The largest absolute Gasteiger partial charge is 0.348 e. The average Bonchev–Trinajstić information content (AvgIpc) is 2.71. The van der Waals surface area contributed by atoms with Crippen LogP contribution in [0.1, 0.15) is 18.5 Å². The van der Waals surface area contributed by atoms with Crippen LogP contribution in [0.3, 0.4) is 0 Å².